The zero-order chi connectivity index (χ0) is 32.6. The highest BCUT2D eigenvalue weighted by molar-refractivity contribution is 7.91. The molecule has 8 nitrogen and oxygen atoms in total. The highest BCUT2D eigenvalue weighted by atomic mass is 32.2. The molecule has 1 aliphatic heterocycles. The van der Waals surface area contributed by atoms with Crippen molar-refractivity contribution < 1.29 is 27.3 Å². The average Bonchev–Trinajstić information content (AvgIpc) is 3.66. The van der Waals surface area contributed by atoms with E-state index in [0.717, 1.165) is 49.0 Å². The van der Waals surface area contributed by atoms with E-state index in [2.05, 4.69) is 51.6 Å². The fourth-order valence-electron chi connectivity index (χ4n) is 7.65. The van der Waals surface area contributed by atoms with Gasteiger partial charge in [0.15, 0.2) is 5.78 Å². The molecule has 0 unspecified atom stereocenters. The van der Waals surface area contributed by atoms with E-state index in [1.807, 2.05) is 12.1 Å². The summed E-state index contributed by atoms with van der Waals surface area (Å²) in [5.41, 5.74) is 1.45. The number of aryl methyl sites for hydroxylation is 1. The van der Waals surface area contributed by atoms with Crippen molar-refractivity contribution in [1.29, 1.82) is 0 Å². The summed E-state index contributed by atoms with van der Waals surface area (Å²) in [5.74, 6) is -0.724. The number of carbonyl (C=O) groups is 2. The van der Waals surface area contributed by atoms with Crippen LogP contribution in [0.3, 0.4) is 0 Å². The Morgan fingerprint density at radius 2 is 1.84 bits per heavy atom. The molecule has 2 aromatic rings. The minimum Gasteiger partial charge on any atom is -0.404 e. The van der Waals surface area contributed by atoms with Gasteiger partial charge in [-0.3, -0.25) is 9.59 Å². The number of sulfonamides is 1. The number of Topliss-reactive ketones (excluding diaryl/α,β-unsaturated/α-hetero) is 1. The summed E-state index contributed by atoms with van der Waals surface area (Å²) < 4.78 is 42.0. The van der Waals surface area contributed by atoms with E-state index in [1.54, 1.807) is 23.6 Å². The molecule has 3 saturated carbocycles. The second kappa shape index (κ2) is 13.6. The highest BCUT2D eigenvalue weighted by Gasteiger charge is 2.68. The Labute approximate surface area is 273 Å². The first-order chi connectivity index (χ1) is 21.2. The monoisotopic (exact) mass is 656 g/mol. The van der Waals surface area contributed by atoms with Crippen LogP contribution in [0.5, 0.6) is 0 Å². The van der Waals surface area contributed by atoms with Crippen molar-refractivity contribution in [2.24, 2.45) is 29.1 Å². The van der Waals surface area contributed by atoms with E-state index in [1.165, 1.54) is 6.07 Å². The normalized spacial score (nSPS) is 26.6. The predicted molar refractivity (Wildman–Crippen MR) is 178 cm³/mol. The molecule has 2 bridgehead atoms. The molecule has 1 aromatic carbocycles. The van der Waals surface area contributed by atoms with Crippen LogP contribution in [0.1, 0.15) is 96.0 Å². The Bertz CT molecular complexity index is 1450. The topological polar surface area (TPSA) is 111 Å². The van der Waals surface area contributed by atoms with Crippen LogP contribution in [0, 0.1) is 29.1 Å². The van der Waals surface area contributed by atoms with Gasteiger partial charge in [0.25, 0.3) is 0 Å². The summed E-state index contributed by atoms with van der Waals surface area (Å²) >= 11 is 1.10. The lowest BCUT2D eigenvalue weighted by Crippen LogP contribution is -2.65. The van der Waals surface area contributed by atoms with Gasteiger partial charge in [-0.1, -0.05) is 71.4 Å². The van der Waals surface area contributed by atoms with E-state index in [0.29, 0.717) is 23.8 Å². The SMILES string of the molecule is CCCCc1ccc(C(=O)C[C@@H](CNS(=O)(=O)c2cccs2)C(=O)N[C@@H](CC(C)C)B2O[C@@H]3C[C@@H]4C[C@@H](C4(C)C)[C@]3(C)O2)cc1. The second-order valence-corrected chi connectivity index (χ2v) is 17.4. The van der Waals surface area contributed by atoms with Crippen molar-refractivity contribution in [2.75, 3.05) is 6.54 Å². The lowest BCUT2D eigenvalue weighted by molar-refractivity contribution is -0.199. The van der Waals surface area contributed by atoms with Crippen molar-refractivity contribution in [2.45, 2.75) is 108 Å². The number of unbranched alkanes of at least 4 members (excludes halogenated alkanes) is 1. The van der Waals surface area contributed by atoms with Crippen LogP contribution in [0.2, 0.25) is 0 Å². The molecular formula is C34H49BN2O6S2. The number of ketones is 1. The lowest BCUT2D eigenvalue weighted by atomic mass is 9.43. The van der Waals surface area contributed by atoms with Crippen LogP contribution in [0.15, 0.2) is 46.0 Å². The van der Waals surface area contributed by atoms with Gasteiger partial charge in [-0.2, -0.15) is 0 Å². The Balaban J connectivity index is 1.33. The number of benzene rings is 1. The third kappa shape index (κ3) is 7.27. The Morgan fingerprint density at radius 3 is 2.47 bits per heavy atom. The predicted octanol–water partition coefficient (Wildman–Crippen LogP) is 6.06. The summed E-state index contributed by atoms with van der Waals surface area (Å²) in [5, 5.41) is 4.84. The summed E-state index contributed by atoms with van der Waals surface area (Å²) in [6, 6.07) is 10.7. The van der Waals surface area contributed by atoms with Gasteiger partial charge < -0.3 is 14.6 Å². The van der Waals surface area contributed by atoms with Gasteiger partial charge in [-0.25, -0.2) is 13.1 Å². The van der Waals surface area contributed by atoms with Gasteiger partial charge in [0.05, 0.1) is 23.6 Å². The first-order valence-electron chi connectivity index (χ1n) is 16.5. The third-order valence-electron chi connectivity index (χ3n) is 10.5. The minimum atomic E-state index is -3.83. The van der Waals surface area contributed by atoms with Crippen LogP contribution < -0.4 is 10.0 Å². The van der Waals surface area contributed by atoms with Crippen molar-refractivity contribution in [3.05, 3.63) is 52.9 Å². The fourth-order valence-corrected chi connectivity index (χ4v) is 9.77. The van der Waals surface area contributed by atoms with Crippen LogP contribution >= 0.6 is 11.3 Å². The number of amides is 1. The van der Waals surface area contributed by atoms with Crippen molar-refractivity contribution in [3.8, 4) is 0 Å². The second-order valence-electron chi connectivity index (χ2n) is 14.5. The molecule has 11 heteroatoms. The Kier molecular flexibility index (Phi) is 10.4. The molecule has 0 radical (unpaired) electrons. The van der Waals surface area contributed by atoms with E-state index in [-0.39, 0.29) is 46.3 Å². The Hall–Kier alpha value is -2.05. The highest BCUT2D eigenvalue weighted by Crippen LogP contribution is 2.65. The summed E-state index contributed by atoms with van der Waals surface area (Å²) in [6.07, 6.45) is 5.65. The molecule has 6 atom stereocenters. The zero-order valence-electron chi connectivity index (χ0n) is 27.5. The van der Waals surface area contributed by atoms with Crippen molar-refractivity contribution >= 4 is 40.2 Å². The number of carbonyl (C=O) groups excluding carboxylic acids is 2. The molecule has 3 aliphatic carbocycles. The van der Waals surface area contributed by atoms with Gasteiger partial charge in [-0.15, -0.1) is 11.3 Å². The maximum absolute atomic E-state index is 14.0. The first kappa shape index (κ1) is 34.3. The molecule has 4 fully saturated rings. The number of nitrogens with one attached hydrogen (secondary N) is 2. The van der Waals surface area contributed by atoms with Crippen LogP contribution in [0.25, 0.3) is 0 Å². The molecule has 2 heterocycles. The molecule has 45 heavy (non-hydrogen) atoms. The fraction of sp³-hybridized carbons (Fsp3) is 0.647. The van der Waals surface area contributed by atoms with Gasteiger partial charge in [0, 0.05) is 18.5 Å². The summed E-state index contributed by atoms with van der Waals surface area (Å²) in [4.78, 5) is 27.5. The average molecular weight is 657 g/mol. The number of rotatable bonds is 15. The molecule has 2 N–H and O–H groups in total. The van der Waals surface area contributed by atoms with Gasteiger partial charge in [0.2, 0.25) is 15.9 Å². The van der Waals surface area contributed by atoms with Crippen LogP contribution in [-0.4, -0.2) is 51.4 Å². The number of hydrogen-bond donors (Lipinski definition) is 2. The molecule has 246 valence electrons. The Morgan fingerprint density at radius 1 is 1.11 bits per heavy atom. The van der Waals surface area contributed by atoms with E-state index < -0.39 is 34.6 Å². The molecule has 1 amide bonds. The lowest BCUT2D eigenvalue weighted by Gasteiger charge is -2.64. The van der Waals surface area contributed by atoms with Crippen molar-refractivity contribution in [1.82, 2.24) is 10.0 Å². The number of hydrogen-bond acceptors (Lipinski definition) is 7. The van der Waals surface area contributed by atoms with Crippen LogP contribution in [0.4, 0.5) is 0 Å². The molecule has 6 rings (SSSR count). The molecule has 0 spiro atoms. The number of thiophene rings is 1. The molecule has 1 aromatic heterocycles. The maximum atomic E-state index is 14.0. The molecule has 4 aliphatic rings. The summed E-state index contributed by atoms with van der Waals surface area (Å²) in [6.45, 7) is 12.9. The van der Waals surface area contributed by atoms with Gasteiger partial charge in [0.1, 0.15) is 4.21 Å². The minimum absolute atomic E-state index is 0.0267. The zero-order valence-corrected chi connectivity index (χ0v) is 29.1. The quantitative estimate of drug-likeness (QED) is 0.178. The molecule has 1 saturated heterocycles. The third-order valence-corrected chi connectivity index (χ3v) is 13.3. The largest absolute Gasteiger partial charge is 0.481 e. The van der Waals surface area contributed by atoms with E-state index in [9.17, 15) is 18.0 Å². The summed E-state index contributed by atoms with van der Waals surface area (Å²) in [7, 11) is -4.45. The van der Waals surface area contributed by atoms with Gasteiger partial charge in [-0.05, 0) is 79.2 Å². The van der Waals surface area contributed by atoms with E-state index in [4.69, 9.17) is 9.31 Å². The van der Waals surface area contributed by atoms with Crippen molar-refractivity contribution in [3.63, 3.8) is 0 Å². The standard InChI is InChI=1S/C34H49BN2O6S2/c1-7-8-10-23-12-14-24(15-13-23)27(38)18-25(21-36-45(40,41)31-11-9-16-44-31)32(39)37-30(17-22(2)3)35-42-29-20-26-19-28(33(26,4)5)34(29,6)43-35/h9,11-16,22,25-26,28-30,36H,7-8,10,17-21H2,1-6H3,(H,37,39)/t25-,26-,28-,29+,30-,34-/m0/s1. The first-order valence-corrected chi connectivity index (χ1v) is 18.9. The van der Waals surface area contributed by atoms with Crippen LogP contribution in [-0.2, 0) is 30.5 Å². The maximum Gasteiger partial charge on any atom is 0.481 e. The smallest absolute Gasteiger partial charge is 0.404 e. The van der Waals surface area contributed by atoms with E-state index >= 15 is 0 Å². The molecular weight excluding hydrogens is 607 g/mol. The van der Waals surface area contributed by atoms with Gasteiger partial charge >= 0.3 is 7.12 Å².